The zero-order chi connectivity index (χ0) is 21.1. The minimum absolute atomic E-state index is 0.125. The maximum absolute atomic E-state index is 13.1. The SMILES string of the molecule is Cc1nc(NC(=O)C2CCCN(C(=O)c3ccc(F)cc3)C2)sc1-c1ccccc1. The smallest absolute Gasteiger partial charge is 0.253 e. The summed E-state index contributed by atoms with van der Waals surface area (Å²) in [6, 6.07) is 15.5. The summed E-state index contributed by atoms with van der Waals surface area (Å²) in [4.78, 5) is 32.7. The molecule has 7 heteroatoms. The summed E-state index contributed by atoms with van der Waals surface area (Å²) in [7, 11) is 0. The van der Waals surface area contributed by atoms with Gasteiger partial charge in [-0.15, -0.1) is 0 Å². The van der Waals surface area contributed by atoms with Gasteiger partial charge in [0.1, 0.15) is 5.82 Å². The lowest BCUT2D eigenvalue weighted by Gasteiger charge is -2.32. The molecule has 1 atom stereocenters. The van der Waals surface area contributed by atoms with E-state index in [9.17, 15) is 14.0 Å². The largest absolute Gasteiger partial charge is 0.338 e. The van der Waals surface area contributed by atoms with E-state index in [1.807, 2.05) is 37.3 Å². The molecule has 0 radical (unpaired) electrons. The fourth-order valence-corrected chi connectivity index (χ4v) is 4.64. The van der Waals surface area contributed by atoms with Crippen molar-refractivity contribution >= 4 is 28.3 Å². The number of nitrogens with one attached hydrogen (secondary N) is 1. The van der Waals surface area contributed by atoms with Crippen LogP contribution < -0.4 is 5.32 Å². The van der Waals surface area contributed by atoms with Crippen molar-refractivity contribution in [3.8, 4) is 10.4 Å². The van der Waals surface area contributed by atoms with Gasteiger partial charge >= 0.3 is 0 Å². The first kappa shape index (κ1) is 20.2. The number of carbonyl (C=O) groups is 2. The molecule has 1 N–H and O–H groups in total. The third-order valence-electron chi connectivity index (χ3n) is 5.23. The van der Waals surface area contributed by atoms with Crippen molar-refractivity contribution in [2.24, 2.45) is 5.92 Å². The Kier molecular flexibility index (Phi) is 5.90. The van der Waals surface area contributed by atoms with Gasteiger partial charge in [-0.3, -0.25) is 9.59 Å². The van der Waals surface area contributed by atoms with Crippen LogP contribution in [-0.2, 0) is 4.79 Å². The summed E-state index contributed by atoms with van der Waals surface area (Å²) in [6.45, 7) is 2.87. The van der Waals surface area contributed by atoms with E-state index in [0.717, 1.165) is 29.0 Å². The van der Waals surface area contributed by atoms with Crippen molar-refractivity contribution < 1.29 is 14.0 Å². The van der Waals surface area contributed by atoms with Gasteiger partial charge < -0.3 is 10.2 Å². The normalized spacial score (nSPS) is 16.3. The number of anilines is 1. The molecule has 0 aliphatic carbocycles. The molecule has 1 aromatic heterocycles. The summed E-state index contributed by atoms with van der Waals surface area (Å²) in [5, 5.41) is 3.50. The molecular weight excluding hydrogens is 401 g/mol. The average Bonchev–Trinajstić information content (AvgIpc) is 3.14. The first-order valence-electron chi connectivity index (χ1n) is 9.90. The highest BCUT2D eigenvalue weighted by molar-refractivity contribution is 7.19. The summed E-state index contributed by atoms with van der Waals surface area (Å²) in [6.07, 6.45) is 1.46. The van der Waals surface area contributed by atoms with E-state index >= 15 is 0 Å². The molecule has 3 aromatic rings. The van der Waals surface area contributed by atoms with Crippen LogP contribution in [0.3, 0.4) is 0 Å². The molecule has 1 aliphatic heterocycles. The van der Waals surface area contributed by atoms with Gasteiger partial charge in [-0.1, -0.05) is 41.7 Å². The van der Waals surface area contributed by atoms with Crippen LogP contribution in [0.4, 0.5) is 9.52 Å². The third kappa shape index (κ3) is 4.41. The first-order valence-corrected chi connectivity index (χ1v) is 10.7. The van der Waals surface area contributed by atoms with Crippen molar-refractivity contribution in [1.82, 2.24) is 9.88 Å². The number of thiazole rings is 1. The highest BCUT2D eigenvalue weighted by Crippen LogP contribution is 2.33. The molecule has 2 aromatic carbocycles. The molecule has 30 heavy (non-hydrogen) atoms. The Labute approximate surface area is 178 Å². The number of carbonyl (C=O) groups excluding carboxylic acids is 2. The zero-order valence-corrected chi connectivity index (χ0v) is 17.4. The summed E-state index contributed by atoms with van der Waals surface area (Å²) in [5.41, 5.74) is 2.38. The quantitative estimate of drug-likeness (QED) is 0.659. The van der Waals surface area contributed by atoms with Crippen molar-refractivity contribution in [1.29, 1.82) is 0 Å². The Morgan fingerprint density at radius 3 is 2.60 bits per heavy atom. The molecule has 0 saturated carbocycles. The Morgan fingerprint density at radius 2 is 1.87 bits per heavy atom. The molecule has 1 fully saturated rings. The van der Waals surface area contributed by atoms with Crippen LogP contribution in [0.5, 0.6) is 0 Å². The lowest BCUT2D eigenvalue weighted by molar-refractivity contribution is -0.121. The molecule has 0 bridgehead atoms. The maximum atomic E-state index is 13.1. The van der Waals surface area contributed by atoms with Gasteiger partial charge in [0.25, 0.3) is 5.91 Å². The topological polar surface area (TPSA) is 62.3 Å². The number of aryl methyl sites for hydroxylation is 1. The third-order valence-corrected chi connectivity index (χ3v) is 6.36. The van der Waals surface area contributed by atoms with E-state index in [4.69, 9.17) is 0 Å². The number of nitrogens with zero attached hydrogens (tertiary/aromatic N) is 2. The molecule has 0 spiro atoms. The van der Waals surface area contributed by atoms with E-state index in [2.05, 4.69) is 10.3 Å². The van der Waals surface area contributed by atoms with Crippen LogP contribution in [0.1, 0.15) is 28.9 Å². The monoisotopic (exact) mass is 423 g/mol. The highest BCUT2D eigenvalue weighted by atomic mass is 32.1. The van der Waals surface area contributed by atoms with E-state index in [1.54, 1.807) is 4.90 Å². The van der Waals surface area contributed by atoms with Gasteiger partial charge in [-0.05, 0) is 49.6 Å². The van der Waals surface area contributed by atoms with Crippen LogP contribution in [0.15, 0.2) is 54.6 Å². The Hall–Kier alpha value is -3.06. The number of halogens is 1. The number of likely N-dealkylation sites (tertiary alicyclic amines) is 1. The standard InChI is InChI=1S/C23H22FN3O2S/c1-15-20(16-6-3-2-4-7-16)30-23(25-15)26-21(28)18-8-5-13-27(14-18)22(29)17-9-11-19(24)12-10-17/h2-4,6-7,9-12,18H,5,8,13-14H2,1H3,(H,25,26,28). The summed E-state index contributed by atoms with van der Waals surface area (Å²) in [5.74, 6) is -0.979. The number of rotatable bonds is 4. The second kappa shape index (κ2) is 8.75. The van der Waals surface area contributed by atoms with Crippen molar-refractivity contribution in [3.05, 3.63) is 71.7 Å². The number of hydrogen-bond donors (Lipinski definition) is 1. The van der Waals surface area contributed by atoms with Gasteiger partial charge in [0.05, 0.1) is 16.5 Å². The van der Waals surface area contributed by atoms with E-state index in [0.29, 0.717) is 23.8 Å². The fourth-order valence-electron chi connectivity index (χ4n) is 3.67. The minimum atomic E-state index is -0.379. The minimum Gasteiger partial charge on any atom is -0.338 e. The molecule has 1 aliphatic rings. The van der Waals surface area contributed by atoms with Crippen molar-refractivity contribution in [2.45, 2.75) is 19.8 Å². The molecule has 2 amide bonds. The van der Waals surface area contributed by atoms with E-state index in [-0.39, 0.29) is 23.5 Å². The molecule has 4 rings (SSSR count). The summed E-state index contributed by atoms with van der Waals surface area (Å²) < 4.78 is 13.1. The van der Waals surface area contributed by atoms with E-state index in [1.165, 1.54) is 35.6 Å². The van der Waals surface area contributed by atoms with Crippen LogP contribution in [0.25, 0.3) is 10.4 Å². The van der Waals surface area contributed by atoms with Crippen molar-refractivity contribution in [2.75, 3.05) is 18.4 Å². The predicted molar refractivity (Wildman–Crippen MR) is 116 cm³/mol. The number of hydrogen-bond acceptors (Lipinski definition) is 4. The van der Waals surface area contributed by atoms with Gasteiger partial charge in [0.2, 0.25) is 5.91 Å². The summed E-state index contributed by atoms with van der Waals surface area (Å²) >= 11 is 1.45. The molecular formula is C23H22FN3O2S. The van der Waals surface area contributed by atoms with Gasteiger partial charge in [-0.25, -0.2) is 9.37 Å². The lowest BCUT2D eigenvalue weighted by Crippen LogP contribution is -2.43. The van der Waals surface area contributed by atoms with Crippen LogP contribution in [0.2, 0.25) is 0 Å². The number of piperidine rings is 1. The van der Waals surface area contributed by atoms with Crippen LogP contribution in [0, 0.1) is 18.7 Å². The van der Waals surface area contributed by atoms with E-state index < -0.39 is 0 Å². The Morgan fingerprint density at radius 1 is 1.13 bits per heavy atom. The molecule has 1 saturated heterocycles. The fraction of sp³-hybridized carbons (Fsp3) is 0.261. The number of amides is 2. The molecule has 2 heterocycles. The Balaban J connectivity index is 1.42. The molecule has 1 unspecified atom stereocenters. The molecule has 154 valence electrons. The number of benzene rings is 2. The maximum Gasteiger partial charge on any atom is 0.253 e. The second-order valence-electron chi connectivity index (χ2n) is 7.39. The van der Waals surface area contributed by atoms with Crippen LogP contribution in [-0.4, -0.2) is 34.8 Å². The van der Waals surface area contributed by atoms with Gasteiger partial charge in [0, 0.05) is 18.7 Å². The van der Waals surface area contributed by atoms with Crippen LogP contribution >= 0.6 is 11.3 Å². The highest BCUT2D eigenvalue weighted by Gasteiger charge is 2.29. The Bertz CT molecular complexity index is 1050. The average molecular weight is 424 g/mol. The van der Waals surface area contributed by atoms with Crippen molar-refractivity contribution in [3.63, 3.8) is 0 Å². The number of aromatic nitrogens is 1. The molecule has 5 nitrogen and oxygen atoms in total. The predicted octanol–water partition coefficient (Wildman–Crippen LogP) is 4.75. The lowest BCUT2D eigenvalue weighted by atomic mass is 9.96. The zero-order valence-electron chi connectivity index (χ0n) is 16.6. The van der Waals surface area contributed by atoms with Gasteiger partial charge in [-0.2, -0.15) is 0 Å². The first-order chi connectivity index (χ1) is 14.5. The second-order valence-corrected chi connectivity index (χ2v) is 8.39. The van der Waals surface area contributed by atoms with Gasteiger partial charge in [0.15, 0.2) is 5.13 Å².